The zero-order valence-electron chi connectivity index (χ0n) is 18.2. The van der Waals surface area contributed by atoms with Crippen LogP contribution in [0.4, 0.5) is 0 Å². The molecule has 0 fully saturated rings. The van der Waals surface area contributed by atoms with Crippen LogP contribution in [0.25, 0.3) is 11.4 Å². The van der Waals surface area contributed by atoms with Gasteiger partial charge in [0.1, 0.15) is 6.54 Å². The Morgan fingerprint density at radius 2 is 1.78 bits per heavy atom. The number of carbonyl (C=O) groups is 1. The third kappa shape index (κ3) is 4.94. The van der Waals surface area contributed by atoms with Crippen LogP contribution < -0.4 is 5.43 Å². The van der Waals surface area contributed by atoms with Gasteiger partial charge in [0.25, 0.3) is 5.91 Å². The molecule has 2 aromatic carbocycles. The van der Waals surface area contributed by atoms with E-state index in [0.717, 1.165) is 22.5 Å². The summed E-state index contributed by atoms with van der Waals surface area (Å²) < 4.78 is 1.94. The number of nitrogens with one attached hydrogen (secondary N) is 1. The molecule has 0 bridgehead atoms. The largest absolute Gasteiger partial charge is 0.271 e. The number of nitrogens with zero attached hydrogens (tertiary/aromatic N) is 7. The molecule has 0 saturated carbocycles. The topological polar surface area (TPSA) is 103 Å². The number of amides is 1. The molecule has 4 aromatic rings. The summed E-state index contributed by atoms with van der Waals surface area (Å²) in [5, 5.41) is 20.8. The van der Waals surface area contributed by atoms with Crippen molar-refractivity contribution in [2.24, 2.45) is 5.10 Å². The minimum Gasteiger partial charge on any atom is -0.271 e. The van der Waals surface area contributed by atoms with E-state index in [4.69, 9.17) is 0 Å². The van der Waals surface area contributed by atoms with E-state index in [0.29, 0.717) is 12.4 Å². The molecule has 0 aliphatic heterocycles. The van der Waals surface area contributed by atoms with E-state index in [1.165, 1.54) is 15.9 Å². The van der Waals surface area contributed by atoms with Crippen LogP contribution in [-0.4, -0.2) is 42.1 Å². The second-order valence-electron chi connectivity index (χ2n) is 7.53. The Hall–Kier alpha value is -4.14. The number of hydrogen-bond acceptors (Lipinski definition) is 6. The highest BCUT2D eigenvalue weighted by atomic mass is 16.2. The summed E-state index contributed by atoms with van der Waals surface area (Å²) in [6.45, 7) is 6.57. The first-order valence-electron chi connectivity index (χ1n) is 10.2. The van der Waals surface area contributed by atoms with Gasteiger partial charge in [0.15, 0.2) is 0 Å². The number of aryl methyl sites for hydroxylation is 2. The third-order valence-electron chi connectivity index (χ3n) is 5.04. The summed E-state index contributed by atoms with van der Waals surface area (Å²) in [5.41, 5.74) is 8.45. The molecule has 2 heterocycles. The third-order valence-corrected chi connectivity index (χ3v) is 5.04. The van der Waals surface area contributed by atoms with Crippen LogP contribution in [0.3, 0.4) is 0 Å². The van der Waals surface area contributed by atoms with E-state index >= 15 is 0 Å². The maximum atomic E-state index is 12.2. The van der Waals surface area contributed by atoms with Crippen molar-refractivity contribution >= 4 is 12.1 Å². The monoisotopic (exact) mass is 428 g/mol. The average Bonchev–Trinajstić information content (AvgIpc) is 3.36. The Kier molecular flexibility index (Phi) is 6.16. The normalized spacial score (nSPS) is 11.2. The van der Waals surface area contributed by atoms with Gasteiger partial charge in [-0.2, -0.15) is 15.0 Å². The fraction of sp³-hybridized carbons (Fsp3) is 0.217. The second-order valence-corrected chi connectivity index (χ2v) is 7.53. The Labute approximate surface area is 185 Å². The molecule has 0 atom stereocenters. The fourth-order valence-corrected chi connectivity index (χ4v) is 3.26. The van der Waals surface area contributed by atoms with E-state index in [9.17, 15) is 4.79 Å². The van der Waals surface area contributed by atoms with Crippen LogP contribution in [0.2, 0.25) is 0 Å². The van der Waals surface area contributed by atoms with Gasteiger partial charge in [0.2, 0.25) is 5.82 Å². The van der Waals surface area contributed by atoms with Gasteiger partial charge in [-0.3, -0.25) is 9.48 Å². The minimum atomic E-state index is -0.347. The van der Waals surface area contributed by atoms with Gasteiger partial charge in [-0.05, 0) is 31.5 Å². The van der Waals surface area contributed by atoms with E-state index in [1.807, 2.05) is 48.9 Å². The van der Waals surface area contributed by atoms with Gasteiger partial charge in [0.05, 0.1) is 18.5 Å². The number of aromatic nitrogens is 6. The van der Waals surface area contributed by atoms with Crippen molar-refractivity contribution in [1.29, 1.82) is 0 Å². The zero-order valence-corrected chi connectivity index (χ0v) is 18.2. The minimum absolute atomic E-state index is 0.0815. The standard InChI is InChI=1S/C23H24N8O/c1-16-9-11-19(12-10-16)14-30-18(3)21(17(2)27-30)13-24-25-22(32)15-31-28-23(26-29-31)20-7-5-4-6-8-20/h4-13H,14-15H2,1-3H3,(H,25,32). The fourth-order valence-electron chi connectivity index (χ4n) is 3.26. The van der Waals surface area contributed by atoms with Crippen molar-refractivity contribution in [3.8, 4) is 11.4 Å². The Balaban J connectivity index is 1.36. The van der Waals surface area contributed by atoms with Crippen LogP contribution in [0, 0.1) is 20.8 Å². The van der Waals surface area contributed by atoms with Gasteiger partial charge < -0.3 is 0 Å². The van der Waals surface area contributed by atoms with Gasteiger partial charge in [-0.1, -0.05) is 60.2 Å². The average molecular weight is 429 g/mol. The second kappa shape index (κ2) is 9.34. The Bertz CT molecular complexity index is 1240. The van der Waals surface area contributed by atoms with Gasteiger partial charge >= 0.3 is 0 Å². The van der Waals surface area contributed by atoms with Crippen LogP contribution in [0.5, 0.6) is 0 Å². The van der Waals surface area contributed by atoms with Crippen molar-refractivity contribution in [3.63, 3.8) is 0 Å². The molecule has 0 saturated heterocycles. The molecule has 1 N–H and O–H groups in total. The smallest absolute Gasteiger partial charge is 0.263 e. The number of carbonyl (C=O) groups excluding carboxylic acids is 1. The predicted molar refractivity (Wildman–Crippen MR) is 121 cm³/mol. The van der Waals surface area contributed by atoms with Crippen molar-refractivity contribution < 1.29 is 4.79 Å². The van der Waals surface area contributed by atoms with Gasteiger partial charge in [-0.15, -0.1) is 10.2 Å². The maximum absolute atomic E-state index is 12.2. The molecular weight excluding hydrogens is 404 g/mol. The lowest BCUT2D eigenvalue weighted by atomic mass is 10.1. The highest BCUT2D eigenvalue weighted by molar-refractivity contribution is 5.84. The van der Waals surface area contributed by atoms with Crippen molar-refractivity contribution in [1.82, 2.24) is 35.4 Å². The summed E-state index contributed by atoms with van der Waals surface area (Å²) in [6.07, 6.45) is 1.62. The van der Waals surface area contributed by atoms with E-state index in [2.05, 4.69) is 62.2 Å². The lowest BCUT2D eigenvalue weighted by Crippen LogP contribution is -2.24. The number of benzene rings is 2. The molecule has 9 heteroatoms. The molecule has 0 radical (unpaired) electrons. The molecule has 1 amide bonds. The number of tetrazole rings is 1. The van der Waals surface area contributed by atoms with E-state index in [1.54, 1.807) is 6.21 Å². The summed E-state index contributed by atoms with van der Waals surface area (Å²) >= 11 is 0. The number of hydrogen-bond donors (Lipinski definition) is 1. The Morgan fingerprint density at radius 1 is 1.03 bits per heavy atom. The molecule has 2 aromatic heterocycles. The van der Waals surface area contributed by atoms with Crippen LogP contribution in [-0.2, 0) is 17.9 Å². The van der Waals surface area contributed by atoms with Gasteiger partial charge in [0, 0.05) is 16.8 Å². The predicted octanol–water partition coefficient (Wildman–Crippen LogP) is 2.66. The molecular formula is C23H24N8O. The highest BCUT2D eigenvalue weighted by Gasteiger charge is 2.11. The summed E-state index contributed by atoms with van der Waals surface area (Å²) in [5.74, 6) is 0.120. The first kappa shape index (κ1) is 21.1. The molecule has 4 rings (SSSR count). The zero-order chi connectivity index (χ0) is 22.5. The summed E-state index contributed by atoms with van der Waals surface area (Å²) in [6, 6.07) is 17.8. The molecule has 162 valence electrons. The molecule has 0 unspecified atom stereocenters. The van der Waals surface area contributed by atoms with Crippen molar-refractivity contribution in [2.75, 3.05) is 0 Å². The van der Waals surface area contributed by atoms with Crippen molar-refractivity contribution in [3.05, 3.63) is 82.7 Å². The first-order valence-corrected chi connectivity index (χ1v) is 10.2. The summed E-state index contributed by atoms with van der Waals surface area (Å²) in [7, 11) is 0. The van der Waals surface area contributed by atoms with Crippen molar-refractivity contribution in [2.45, 2.75) is 33.9 Å². The van der Waals surface area contributed by atoms with E-state index < -0.39 is 0 Å². The lowest BCUT2D eigenvalue weighted by molar-refractivity contribution is -0.122. The molecule has 32 heavy (non-hydrogen) atoms. The highest BCUT2D eigenvalue weighted by Crippen LogP contribution is 2.14. The molecule has 9 nitrogen and oxygen atoms in total. The first-order chi connectivity index (χ1) is 15.5. The number of rotatable bonds is 7. The van der Waals surface area contributed by atoms with E-state index in [-0.39, 0.29) is 12.5 Å². The quantitative estimate of drug-likeness (QED) is 0.360. The van der Waals surface area contributed by atoms with Gasteiger partial charge in [-0.25, -0.2) is 5.43 Å². The Morgan fingerprint density at radius 3 is 2.53 bits per heavy atom. The van der Waals surface area contributed by atoms with Crippen LogP contribution in [0.1, 0.15) is 28.1 Å². The molecule has 0 aliphatic carbocycles. The lowest BCUT2D eigenvalue weighted by Gasteiger charge is -2.05. The maximum Gasteiger partial charge on any atom is 0.263 e. The molecule has 0 spiro atoms. The van der Waals surface area contributed by atoms with Crippen LogP contribution >= 0.6 is 0 Å². The van der Waals surface area contributed by atoms with Crippen LogP contribution in [0.15, 0.2) is 59.7 Å². The molecule has 0 aliphatic rings. The SMILES string of the molecule is Cc1ccc(Cn2nc(C)c(C=NNC(=O)Cn3nnc(-c4ccccc4)n3)c2C)cc1. The summed E-state index contributed by atoms with van der Waals surface area (Å²) in [4.78, 5) is 13.5. The number of hydrazone groups is 1.